The van der Waals surface area contributed by atoms with Crippen LogP contribution in [0.25, 0.3) is 22.0 Å². The predicted molar refractivity (Wildman–Crippen MR) is 138 cm³/mol. The Bertz CT molecular complexity index is 1530. The third-order valence-corrected chi connectivity index (χ3v) is 7.48. The fourth-order valence-electron chi connectivity index (χ4n) is 5.60. The first-order valence-corrected chi connectivity index (χ1v) is 12.2. The number of anilines is 4. The van der Waals surface area contributed by atoms with Crippen molar-refractivity contribution in [2.45, 2.75) is 24.8 Å². The Morgan fingerprint density at radius 2 is 2.06 bits per heavy atom. The van der Waals surface area contributed by atoms with Crippen LogP contribution in [-0.4, -0.2) is 46.6 Å². The standard InChI is InChI=1S/C27H26FN7O/c1-35-13-16-8-17(2-3-20(16)27(14-35)4-5-27)33-26-32-12-19-21(34-26)10-18(23(28)24(19)29)15-9-22-25(31-11-15)36-7-6-30-22/h2-3,8-12,30H,4-7,13-14,29H2,1H3,(H,32,33,34). The van der Waals surface area contributed by atoms with Crippen molar-refractivity contribution >= 4 is 33.9 Å². The molecular formula is C27H26FN7O. The summed E-state index contributed by atoms with van der Waals surface area (Å²) in [7, 11) is 2.18. The van der Waals surface area contributed by atoms with Gasteiger partial charge in [0.05, 0.1) is 16.9 Å². The number of halogens is 1. The molecule has 2 aromatic carbocycles. The number of pyridine rings is 1. The van der Waals surface area contributed by atoms with E-state index in [0.29, 0.717) is 52.4 Å². The van der Waals surface area contributed by atoms with Gasteiger partial charge in [0, 0.05) is 59.6 Å². The van der Waals surface area contributed by atoms with Gasteiger partial charge < -0.3 is 26.0 Å². The van der Waals surface area contributed by atoms with Crippen LogP contribution in [-0.2, 0) is 12.0 Å². The van der Waals surface area contributed by atoms with Crippen molar-refractivity contribution < 1.29 is 9.13 Å². The molecule has 182 valence electrons. The first-order valence-electron chi connectivity index (χ1n) is 12.2. The third-order valence-electron chi connectivity index (χ3n) is 7.48. The fraction of sp³-hybridized carbons (Fsp3) is 0.296. The minimum absolute atomic E-state index is 0.0162. The topological polar surface area (TPSA) is 101 Å². The molecule has 0 radical (unpaired) electrons. The molecule has 8 nitrogen and oxygen atoms in total. The lowest BCUT2D eigenvalue weighted by Gasteiger charge is -2.32. The van der Waals surface area contributed by atoms with Crippen LogP contribution in [0.4, 0.5) is 27.4 Å². The SMILES string of the molecule is CN1Cc2cc(Nc3ncc4c(N)c(F)c(-c5cnc6c(c5)NCCO6)cc4n3)ccc2C2(CC2)C1. The molecule has 0 unspecified atom stereocenters. The highest BCUT2D eigenvalue weighted by Crippen LogP contribution is 2.52. The van der Waals surface area contributed by atoms with Crippen LogP contribution in [0.2, 0.25) is 0 Å². The van der Waals surface area contributed by atoms with Crippen LogP contribution >= 0.6 is 0 Å². The highest BCUT2D eigenvalue weighted by atomic mass is 19.1. The van der Waals surface area contributed by atoms with E-state index in [4.69, 9.17) is 10.5 Å². The third kappa shape index (κ3) is 3.42. The number of nitrogens with one attached hydrogen (secondary N) is 2. The maximum absolute atomic E-state index is 15.3. The van der Waals surface area contributed by atoms with E-state index in [1.165, 1.54) is 24.0 Å². The Kier molecular flexibility index (Phi) is 4.59. The Labute approximate surface area is 207 Å². The molecule has 1 saturated carbocycles. The van der Waals surface area contributed by atoms with E-state index in [0.717, 1.165) is 24.5 Å². The first-order chi connectivity index (χ1) is 17.5. The number of fused-ring (bicyclic) bond motifs is 4. The number of aromatic nitrogens is 3. The molecule has 1 spiro atoms. The number of hydrogen-bond acceptors (Lipinski definition) is 8. The van der Waals surface area contributed by atoms with Crippen molar-refractivity contribution in [2.75, 3.05) is 43.1 Å². The van der Waals surface area contributed by atoms with Crippen molar-refractivity contribution in [1.82, 2.24) is 19.9 Å². The largest absolute Gasteiger partial charge is 0.474 e. The second-order valence-electron chi connectivity index (χ2n) is 10.1. The number of likely N-dealkylation sites (N-methyl/N-ethyl adjacent to an activating group) is 1. The summed E-state index contributed by atoms with van der Waals surface area (Å²) in [5.74, 6) is 0.429. The van der Waals surface area contributed by atoms with Gasteiger partial charge in [0.25, 0.3) is 0 Å². The molecule has 3 aliphatic rings. The van der Waals surface area contributed by atoms with Crippen LogP contribution in [0.3, 0.4) is 0 Å². The van der Waals surface area contributed by atoms with E-state index >= 15 is 4.39 Å². The number of nitrogens with zero attached hydrogens (tertiary/aromatic N) is 4. The molecular weight excluding hydrogens is 457 g/mol. The van der Waals surface area contributed by atoms with E-state index in [1.54, 1.807) is 18.5 Å². The lowest BCUT2D eigenvalue weighted by Crippen LogP contribution is -2.35. The summed E-state index contributed by atoms with van der Waals surface area (Å²) in [4.78, 5) is 15.8. The van der Waals surface area contributed by atoms with Crippen molar-refractivity contribution in [3.63, 3.8) is 0 Å². The lowest BCUT2D eigenvalue weighted by molar-refractivity contribution is 0.271. The molecule has 0 atom stereocenters. The molecule has 1 fully saturated rings. The summed E-state index contributed by atoms with van der Waals surface area (Å²) >= 11 is 0. The second kappa shape index (κ2) is 7.76. The van der Waals surface area contributed by atoms with Gasteiger partial charge in [0.15, 0.2) is 5.82 Å². The zero-order valence-corrected chi connectivity index (χ0v) is 19.9. The molecule has 1 aliphatic carbocycles. The number of ether oxygens (including phenoxy) is 1. The predicted octanol–water partition coefficient (Wildman–Crippen LogP) is 4.44. The van der Waals surface area contributed by atoms with Crippen molar-refractivity contribution in [1.29, 1.82) is 0 Å². The Balaban J connectivity index is 1.24. The Hall–Kier alpha value is -3.98. The smallest absolute Gasteiger partial charge is 0.237 e. The zero-order valence-electron chi connectivity index (χ0n) is 19.9. The van der Waals surface area contributed by atoms with Crippen LogP contribution in [0.1, 0.15) is 24.0 Å². The number of benzene rings is 2. The summed E-state index contributed by atoms with van der Waals surface area (Å²) in [6.45, 7) is 3.27. The highest BCUT2D eigenvalue weighted by Gasteiger charge is 2.48. The molecule has 4 N–H and O–H groups in total. The summed E-state index contributed by atoms with van der Waals surface area (Å²) in [5.41, 5.74) is 12.5. The van der Waals surface area contributed by atoms with E-state index in [2.05, 4.69) is 55.7 Å². The summed E-state index contributed by atoms with van der Waals surface area (Å²) in [6.07, 6.45) is 5.67. The quantitative estimate of drug-likeness (QED) is 0.368. The normalized spacial score (nSPS) is 17.7. The Morgan fingerprint density at radius 1 is 1.17 bits per heavy atom. The van der Waals surface area contributed by atoms with Gasteiger partial charge in [-0.1, -0.05) is 6.07 Å². The van der Waals surface area contributed by atoms with Gasteiger partial charge in [-0.25, -0.2) is 19.3 Å². The molecule has 4 heterocycles. The number of rotatable bonds is 3. The molecule has 4 aromatic rings. The van der Waals surface area contributed by atoms with Crippen LogP contribution in [0, 0.1) is 5.82 Å². The van der Waals surface area contributed by atoms with Crippen LogP contribution in [0.5, 0.6) is 5.88 Å². The minimum atomic E-state index is -0.516. The van der Waals surface area contributed by atoms with E-state index < -0.39 is 5.82 Å². The van der Waals surface area contributed by atoms with Crippen molar-refractivity contribution in [3.8, 4) is 17.0 Å². The molecule has 2 aromatic heterocycles. The summed E-state index contributed by atoms with van der Waals surface area (Å²) in [5, 5.41) is 7.03. The molecule has 7 rings (SSSR count). The van der Waals surface area contributed by atoms with E-state index in [1.807, 2.05) is 6.07 Å². The monoisotopic (exact) mass is 483 g/mol. The molecule has 0 amide bonds. The van der Waals surface area contributed by atoms with Gasteiger partial charge in [-0.3, -0.25) is 0 Å². The number of nitrogens with two attached hydrogens (primary N) is 1. The van der Waals surface area contributed by atoms with Gasteiger partial charge in [-0.15, -0.1) is 0 Å². The average Bonchev–Trinajstić information content (AvgIpc) is 3.64. The van der Waals surface area contributed by atoms with Gasteiger partial charge in [-0.2, -0.15) is 0 Å². The number of hydrogen-bond donors (Lipinski definition) is 3. The lowest BCUT2D eigenvalue weighted by atomic mass is 9.87. The maximum atomic E-state index is 15.3. The average molecular weight is 484 g/mol. The zero-order chi connectivity index (χ0) is 24.4. The van der Waals surface area contributed by atoms with E-state index in [-0.39, 0.29) is 5.69 Å². The van der Waals surface area contributed by atoms with Crippen molar-refractivity contribution in [2.24, 2.45) is 0 Å². The molecule has 9 heteroatoms. The summed E-state index contributed by atoms with van der Waals surface area (Å²) in [6, 6.07) is 10.0. The Morgan fingerprint density at radius 3 is 2.92 bits per heavy atom. The van der Waals surface area contributed by atoms with Gasteiger partial charge in [-0.05, 0) is 55.3 Å². The highest BCUT2D eigenvalue weighted by molar-refractivity contribution is 5.95. The molecule has 36 heavy (non-hydrogen) atoms. The van der Waals surface area contributed by atoms with Crippen LogP contribution in [0.15, 0.2) is 42.7 Å². The molecule has 0 saturated heterocycles. The summed E-state index contributed by atoms with van der Waals surface area (Å²) < 4.78 is 20.8. The number of nitrogen functional groups attached to an aromatic ring is 1. The van der Waals surface area contributed by atoms with Gasteiger partial charge in [0.1, 0.15) is 6.61 Å². The van der Waals surface area contributed by atoms with Crippen molar-refractivity contribution in [3.05, 3.63) is 59.7 Å². The maximum Gasteiger partial charge on any atom is 0.237 e. The van der Waals surface area contributed by atoms with Crippen LogP contribution < -0.4 is 21.1 Å². The minimum Gasteiger partial charge on any atom is -0.474 e. The van der Waals surface area contributed by atoms with Gasteiger partial charge >= 0.3 is 0 Å². The molecule has 2 aliphatic heterocycles. The van der Waals surface area contributed by atoms with Gasteiger partial charge in [0.2, 0.25) is 11.8 Å². The first kappa shape index (κ1) is 21.3. The second-order valence-corrected chi connectivity index (χ2v) is 10.1. The fourth-order valence-corrected chi connectivity index (χ4v) is 5.60. The molecule has 0 bridgehead atoms. The van der Waals surface area contributed by atoms with E-state index in [9.17, 15) is 0 Å².